The molecule has 1 aromatic heterocycles. The molecule has 3 heteroatoms. The fourth-order valence-electron chi connectivity index (χ4n) is 1.77. The van der Waals surface area contributed by atoms with Crippen molar-refractivity contribution in [2.45, 2.75) is 45.5 Å². The van der Waals surface area contributed by atoms with Gasteiger partial charge < -0.3 is 4.43 Å². The lowest BCUT2D eigenvalue weighted by Gasteiger charge is -2.27. The molecule has 0 aliphatic carbocycles. The third kappa shape index (κ3) is 3.43. The van der Waals surface area contributed by atoms with Gasteiger partial charge in [-0.2, -0.15) is 0 Å². The fourth-order valence-corrected chi connectivity index (χ4v) is 4.33. The molecule has 15 heavy (non-hydrogen) atoms. The van der Waals surface area contributed by atoms with Crippen LogP contribution in [0.3, 0.4) is 0 Å². The Labute approximate surface area is 93.8 Å². The maximum absolute atomic E-state index is 6.14. The van der Waals surface area contributed by atoms with E-state index >= 15 is 0 Å². The molecule has 0 aliphatic rings. The van der Waals surface area contributed by atoms with E-state index in [1.54, 1.807) is 0 Å². The van der Waals surface area contributed by atoms with Gasteiger partial charge in [0.1, 0.15) is 0 Å². The minimum atomic E-state index is -1.44. The van der Waals surface area contributed by atoms with Crippen LogP contribution in [0, 0.1) is 0 Å². The normalized spacial score (nSPS) is 11.7. The van der Waals surface area contributed by atoms with E-state index in [1.165, 1.54) is 18.1 Å². The van der Waals surface area contributed by atoms with Crippen molar-refractivity contribution >= 4 is 8.32 Å². The molecule has 1 rings (SSSR count). The minimum Gasteiger partial charge on any atom is -0.411 e. The molecule has 0 bridgehead atoms. The van der Waals surface area contributed by atoms with Crippen molar-refractivity contribution in [1.82, 2.24) is 4.98 Å². The molecular formula is C12H21NOSi. The summed E-state index contributed by atoms with van der Waals surface area (Å²) in [6, 6.07) is 9.58. The lowest BCUT2D eigenvalue weighted by molar-refractivity contribution is 0.283. The molecule has 0 aromatic carbocycles. The van der Waals surface area contributed by atoms with Gasteiger partial charge in [-0.05, 0) is 30.3 Å². The van der Waals surface area contributed by atoms with E-state index in [0.29, 0.717) is 6.61 Å². The van der Waals surface area contributed by atoms with Crippen LogP contribution in [0.25, 0.3) is 0 Å². The SMILES string of the molecule is CC[Si](CC)(CC)OCc1ccccn1. The zero-order chi connectivity index (χ0) is 11.1. The molecule has 0 atom stereocenters. The lowest BCUT2D eigenvalue weighted by Crippen LogP contribution is -2.35. The summed E-state index contributed by atoms with van der Waals surface area (Å²) < 4.78 is 6.14. The van der Waals surface area contributed by atoms with E-state index in [4.69, 9.17) is 4.43 Å². The molecular weight excluding hydrogens is 202 g/mol. The van der Waals surface area contributed by atoms with E-state index < -0.39 is 8.32 Å². The van der Waals surface area contributed by atoms with Gasteiger partial charge in [0.25, 0.3) is 0 Å². The van der Waals surface area contributed by atoms with Gasteiger partial charge in [-0.15, -0.1) is 0 Å². The Morgan fingerprint density at radius 1 is 1.13 bits per heavy atom. The molecule has 0 amide bonds. The predicted octanol–water partition coefficient (Wildman–Crippen LogP) is 3.60. The van der Waals surface area contributed by atoms with Gasteiger partial charge in [-0.25, -0.2) is 0 Å². The Balaban J connectivity index is 2.54. The van der Waals surface area contributed by atoms with Gasteiger partial charge in [0.15, 0.2) is 8.32 Å². The monoisotopic (exact) mass is 223 g/mol. The smallest absolute Gasteiger partial charge is 0.192 e. The summed E-state index contributed by atoms with van der Waals surface area (Å²) in [4.78, 5) is 4.28. The van der Waals surface area contributed by atoms with Crippen LogP contribution in [-0.4, -0.2) is 13.3 Å². The van der Waals surface area contributed by atoms with Gasteiger partial charge in [-0.3, -0.25) is 4.98 Å². The van der Waals surface area contributed by atoms with Crippen LogP contribution >= 0.6 is 0 Å². The fraction of sp³-hybridized carbons (Fsp3) is 0.583. The van der Waals surface area contributed by atoms with Crippen LogP contribution in [0.4, 0.5) is 0 Å². The maximum atomic E-state index is 6.14. The lowest BCUT2D eigenvalue weighted by atomic mass is 10.4. The number of nitrogens with zero attached hydrogens (tertiary/aromatic N) is 1. The van der Waals surface area contributed by atoms with Gasteiger partial charge in [0, 0.05) is 6.20 Å². The van der Waals surface area contributed by atoms with E-state index in [2.05, 4.69) is 25.8 Å². The summed E-state index contributed by atoms with van der Waals surface area (Å²) in [7, 11) is -1.44. The number of pyridine rings is 1. The van der Waals surface area contributed by atoms with Crippen molar-refractivity contribution in [1.29, 1.82) is 0 Å². The van der Waals surface area contributed by atoms with Gasteiger partial charge in [0.05, 0.1) is 12.3 Å². The highest BCUT2D eigenvalue weighted by atomic mass is 28.4. The molecule has 2 nitrogen and oxygen atoms in total. The van der Waals surface area contributed by atoms with Crippen molar-refractivity contribution in [2.75, 3.05) is 0 Å². The first-order valence-electron chi connectivity index (χ1n) is 5.80. The van der Waals surface area contributed by atoms with E-state index in [-0.39, 0.29) is 0 Å². The summed E-state index contributed by atoms with van der Waals surface area (Å²) in [5.41, 5.74) is 1.05. The second kappa shape index (κ2) is 6.03. The molecule has 0 saturated carbocycles. The summed E-state index contributed by atoms with van der Waals surface area (Å²) >= 11 is 0. The third-order valence-corrected chi connectivity index (χ3v) is 7.81. The molecule has 0 unspecified atom stereocenters. The minimum absolute atomic E-state index is 0.683. The van der Waals surface area contributed by atoms with Crippen LogP contribution in [-0.2, 0) is 11.0 Å². The molecule has 0 fully saturated rings. The van der Waals surface area contributed by atoms with E-state index in [0.717, 1.165) is 5.69 Å². The molecule has 1 heterocycles. The molecule has 0 spiro atoms. The van der Waals surface area contributed by atoms with Gasteiger partial charge in [0.2, 0.25) is 0 Å². The maximum Gasteiger partial charge on any atom is 0.192 e. The first-order chi connectivity index (χ1) is 7.26. The Hall–Kier alpha value is -0.673. The summed E-state index contributed by atoms with van der Waals surface area (Å²) in [5.74, 6) is 0. The largest absolute Gasteiger partial charge is 0.411 e. The molecule has 0 aliphatic heterocycles. The van der Waals surface area contributed by atoms with Crippen LogP contribution < -0.4 is 0 Å². The standard InChI is InChI=1S/C12H21NOSi/c1-4-15(5-2,6-3)14-11-12-9-7-8-10-13-12/h7-10H,4-6,11H2,1-3H3. The Kier molecular flexibility index (Phi) is 4.98. The number of hydrogen-bond acceptors (Lipinski definition) is 2. The number of aromatic nitrogens is 1. The Morgan fingerprint density at radius 2 is 1.80 bits per heavy atom. The van der Waals surface area contributed by atoms with Crippen LogP contribution in [0.5, 0.6) is 0 Å². The topological polar surface area (TPSA) is 22.1 Å². The molecule has 0 radical (unpaired) electrons. The van der Waals surface area contributed by atoms with Crippen molar-refractivity contribution < 1.29 is 4.43 Å². The van der Waals surface area contributed by atoms with Crippen molar-refractivity contribution in [3.63, 3.8) is 0 Å². The van der Waals surface area contributed by atoms with Crippen LogP contribution in [0.1, 0.15) is 26.5 Å². The van der Waals surface area contributed by atoms with Crippen LogP contribution in [0.15, 0.2) is 24.4 Å². The Morgan fingerprint density at radius 3 is 2.27 bits per heavy atom. The van der Waals surface area contributed by atoms with Crippen molar-refractivity contribution in [3.05, 3.63) is 30.1 Å². The number of hydrogen-bond donors (Lipinski definition) is 0. The highest BCUT2D eigenvalue weighted by molar-refractivity contribution is 6.73. The summed E-state index contributed by atoms with van der Waals surface area (Å²) in [5, 5.41) is 0. The highest BCUT2D eigenvalue weighted by Crippen LogP contribution is 2.22. The highest BCUT2D eigenvalue weighted by Gasteiger charge is 2.28. The third-order valence-electron chi connectivity index (χ3n) is 3.19. The van der Waals surface area contributed by atoms with Gasteiger partial charge in [-0.1, -0.05) is 26.8 Å². The summed E-state index contributed by atoms with van der Waals surface area (Å²) in [6.07, 6.45) is 1.83. The zero-order valence-electron chi connectivity index (χ0n) is 9.99. The van der Waals surface area contributed by atoms with Crippen molar-refractivity contribution in [3.8, 4) is 0 Å². The Bertz CT molecular complexity index is 264. The first kappa shape index (κ1) is 12.4. The predicted molar refractivity (Wildman–Crippen MR) is 66.2 cm³/mol. The first-order valence-corrected chi connectivity index (χ1v) is 8.33. The second-order valence-corrected chi connectivity index (χ2v) is 8.63. The molecule has 84 valence electrons. The molecule has 0 saturated heterocycles. The van der Waals surface area contributed by atoms with Crippen LogP contribution in [0.2, 0.25) is 18.1 Å². The van der Waals surface area contributed by atoms with Gasteiger partial charge >= 0.3 is 0 Å². The quantitative estimate of drug-likeness (QED) is 0.687. The van der Waals surface area contributed by atoms with E-state index in [1.807, 2.05) is 24.4 Å². The average Bonchev–Trinajstić information content (AvgIpc) is 2.33. The van der Waals surface area contributed by atoms with Crippen molar-refractivity contribution in [2.24, 2.45) is 0 Å². The number of rotatable bonds is 6. The average molecular weight is 223 g/mol. The molecule has 1 aromatic rings. The molecule has 0 N–H and O–H groups in total. The zero-order valence-corrected chi connectivity index (χ0v) is 11.0. The van der Waals surface area contributed by atoms with E-state index in [9.17, 15) is 0 Å². The second-order valence-electron chi connectivity index (χ2n) is 3.85. The summed E-state index contributed by atoms with van der Waals surface area (Å²) in [6.45, 7) is 7.43.